The highest BCUT2D eigenvalue weighted by molar-refractivity contribution is 6.29. The SMILES string of the molecule is CC(=O)c1cccc(NCCCCNC(=O)c2cccc(CCc3cc(NC(=O)Nc4ccnc(Cl)c4)ccn3)c2)c1C(C)=O.CCC1CCC(=O)NC1=O. The summed E-state index contributed by atoms with van der Waals surface area (Å²) in [4.78, 5) is 79.0. The fraction of sp³-hybridized carbons (Fsp3) is 0.317. The first-order chi connectivity index (χ1) is 26.4. The maximum Gasteiger partial charge on any atom is 0.323 e. The van der Waals surface area contributed by atoms with Crippen LogP contribution >= 0.6 is 11.6 Å². The molecule has 0 radical (unpaired) electrons. The molecule has 0 aliphatic carbocycles. The number of unbranched alkanes of at least 4 members (excludes halogenated alkanes) is 1. The number of urea groups is 1. The van der Waals surface area contributed by atoms with E-state index in [1.165, 1.54) is 20.0 Å². The minimum absolute atomic E-state index is 0.0673. The summed E-state index contributed by atoms with van der Waals surface area (Å²) in [6.07, 6.45) is 8.00. The van der Waals surface area contributed by atoms with Crippen molar-refractivity contribution >= 4 is 64.0 Å². The number of imide groups is 1. The number of ketones is 2. The third kappa shape index (κ3) is 13.4. The number of Topliss-reactive ketones (excluding diaryl/α,β-unsaturated/α-hetero) is 2. The highest BCUT2D eigenvalue weighted by atomic mass is 35.5. The Labute approximate surface area is 325 Å². The zero-order valence-electron chi connectivity index (χ0n) is 31.2. The fourth-order valence-corrected chi connectivity index (χ4v) is 6.06. The van der Waals surface area contributed by atoms with Gasteiger partial charge < -0.3 is 21.3 Å². The summed E-state index contributed by atoms with van der Waals surface area (Å²) in [6.45, 7) is 5.96. The Morgan fingerprint density at radius 1 is 0.836 bits per heavy atom. The van der Waals surface area contributed by atoms with Gasteiger partial charge in [0.15, 0.2) is 11.6 Å². The maximum atomic E-state index is 12.8. The molecule has 0 bridgehead atoms. The molecule has 5 amide bonds. The van der Waals surface area contributed by atoms with Gasteiger partial charge in [0.25, 0.3) is 5.91 Å². The molecule has 1 saturated heterocycles. The molecular formula is C41H46ClN7O6. The van der Waals surface area contributed by atoms with E-state index in [1.54, 1.807) is 48.7 Å². The van der Waals surface area contributed by atoms with Crippen molar-refractivity contribution in [2.75, 3.05) is 29.0 Å². The normalized spacial score (nSPS) is 13.4. The molecule has 288 valence electrons. The molecule has 5 rings (SSSR count). The molecule has 1 aliphatic heterocycles. The monoisotopic (exact) mass is 767 g/mol. The number of amides is 5. The van der Waals surface area contributed by atoms with Crippen molar-refractivity contribution in [3.05, 3.63) is 112 Å². The summed E-state index contributed by atoms with van der Waals surface area (Å²) in [5.41, 5.74) is 4.97. The number of nitrogens with zero attached hydrogens (tertiary/aromatic N) is 2. The third-order valence-corrected chi connectivity index (χ3v) is 8.97. The van der Waals surface area contributed by atoms with Gasteiger partial charge >= 0.3 is 6.03 Å². The molecular weight excluding hydrogens is 722 g/mol. The van der Waals surface area contributed by atoms with Gasteiger partial charge in [0.05, 0.1) is 5.56 Å². The van der Waals surface area contributed by atoms with Crippen LogP contribution in [0.4, 0.5) is 21.9 Å². The number of hydrogen-bond acceptors (Lipinski definition) is 9. The molecule has 14 heteroatoms. The largest absolute Gasteiger partial charge is 0.384 e. The molecule has 4 aromatic rings. The van der Waals surface area contributed by atoms with Crippen LogP contribution in [0.25, 0.3) is 0 Å². The highest BCUT2D eigenvalue weighted by Gasteiger charge is 2.24. The summed E-state index contributed by atoms with van der Waals surface area (Å²) < 4.78 is 0. The van der Waals surface area contributed by atoms with Gasteiger partial charge in [0.2, 0.25) is 11.8 Å². The Morgan fingerprint density at radius 3 is 2.24 bits per heavy atom. The number of carbonyl (C=O) groups is 6. The van der Waals surface area contributed by atoms with Crippen LogP contribution in [0.15, 0.2) is 79.1 Å². The van der Waals surface area contributed by atoms with Gasteiger partial charge in [0, 0.05) is 71.7 Å². The van der Waals surface area contributed by atoms with Crippen LogP contribution in [0.1, 0.15) is 95.2 Å². The lowest BCUT2D eigenvalue weighted by molar-refractivity contribution is -0.136. The van der Waals surface area contributed by atoms with E-state index in [0.29, 0.717) is 66.1 Å². The number of rotatable bonds is 15. The molecule has 1 aliphatic rings. The first kappa shape index (κ1) is 41.8. The van der Waals surface area contributed by atoms with Crippen molar-refractivity contribution in [2.24, 2.45) is 5.92 Å². The first-order valence-corrected chi connectivity index (χ1v) is 18.5. The quantitative estimate of drug-likeness (QED) is 0.0366. The number of anilines is 3. The van der Waals surface area contributed by atoms with E-state index < -0.39 is 6.03 Å². The minimum Gasteiger partial charge on any atom is -0.384 e. The average molecular weight is 768 g/mol. The number of aryl methyl sites for hydroxylation is 2. The van der Waals surface area contributed by atoms with Crippen molar-refractivity contribution in [3.8, 4) is 0 Å². The van der Waals surface area contributed by atoms with Crippen molar-refractivity contribution in [1.29, 1.82) is 0 Å². The van der Waals surface area contributed by atoms with Gasteiger partial charge in [0.1, 0.15) is 5.15 Å². The second kappa shape index (κ2) is 21.1. The maximum absolute atomic E-state index is 12.8. The van der Waals surface area contributed by atoms with Gasteiger partial charge in [-0.3, -0.25) is 34.3 Å². The summed E-state index contributed by atoms with van der Waals surface area (Å²) >= 11 is 5.87. The Morgan fingerprint density at radius 2 is 1.55 bits per heavy atom. The highest BCUT2D eigenvalue weighted by Crippen LogP contribution is 2.22. The molecule has 55 heavy (non-hydrogen) atoms. The van der Waals surface area contributed by atoms with Crippen LogP contribution in [0.5, 0.6) is 0 Å². The van der Waals surface area contributed by atoms with Gasteiger partial charge in [-0.25, -0.2) is 9.78 Å². The third-order valence-electron chi connectivity index (χ3n) is 8.76. The number of piperidine rings is 1. The van der Waals surface area contributed by atoms with E-state index in [-0.39, 0.29) is 40.4 Å². The standard InChI is InChI=1S/C34H35ClN6O4.C7H11NO2/c1-22(42)29-9-6-10-30(32(29)23(2)43)37-15-3-4-16-39-33(44)25-8-5-7-24(19-25)11-12-26-20-27(13-17-36-26)40-34(45)41-28-14-18-38-31(35)21-28;1-2-5-3-4-6(9)8-7(5)10/h5-10,13-14,17-21,37H,3-4,11-12,15-16H2,1-2H3,(H,39,44)(H2,36,38,40,41,45);5H,2-4H2,1H3,(H,8,9,10). The van der Waals surface area contributed by atoms with Gasteiger partial charge in [-0.05, 0) is 100 Å². The van der Waals surface area contributed by atoms with Crippen LogP contribution in [0.3, 0.4) is 0 Å². The van der Waals surface area contributed by atoms with E-state index in [4.69, 9.17) is 11.6 Å². The molecule has 2 aromatic carbocycles. The smallest absolute Gasteiger partial charge is 0.323 e. The Balaban J connectivity index is 0.000000583. The first-order valence-electron chi connectivity index (χ1n) is 18.2. The molecule has 0 saturated carbocycles. The van der Waals surface area contributed by atoms with Crippen LogP contribution in [0, 0.1) is 5.92 Å². The second-order valence-electron chi connectivity index (χ2n) is 13.0. The minimum atomic E-state index is -0.411. The summed E-state index contributed by atoms with van der Waals surface area (Å²) in [7, 11) is 0. The van der Waals surface area contributed by atoms with E-state index in [1.807, 2.05) is 31.2 Å². The van der Waals surface area contributed by atoms with Crippen molar-refractivity contribution in [1.82, 2.24) is 20.6 Å². The number of nitrogens with one attached hydrogen (secondary N) is 5. The molecule has 13 nitrogen and oxygen atoms in total. The van der Waals surface area contributed by atoms with Crippen molar-refractivity contribution in [3.63, 3.8) is 0 Å². The molecule has 5 N–H and O–H groups in total. The summed E-state index contributed by atoms with van der Waals surface area (Å²) in [5, 5.41) is 14.3. The fourth-order valence-electron chi connectivity index (χ4n) is 5.88. The topological polar surface area (TPSA) is 188 Å². The zero-order valence-corrected chi connectivity index (χ0v) is 31.9. The molecule has 1 fully saturated rings. The lowest BCUT2D eigenvalue weighted by Gasteiger charge is -2.18. The molecule has 1 atom stereocenters. The van der Waals surface area contributed by atoms with Crippen LogP contribution in [-0.2, 0) is 22.4 Å². The number of carbonyl (C=O) groups excluding carboxylic acids is 6. The lowest BCUT2D eigenvalue weighted by Crippen LogP contribution is -2.40. The van der Waals surface area contributed by atoms with E-state index in [0.717, 1.165) is 36.9 Å². The Bertz CT molecular complexity index is 2020. The zero-order chi connectivity index (χ0) is 39.7. The molecule has 2 aromatic heterocycles. The number of aromatic nitrogens is 2. The van der Waals surface area contributed by atoms with E-state index >= 15 is 0 Å². The van der Waals surface area contributed by atoms with Gasteiger partial charge in [-0.2, -0.15) is 0 Å². The average Bonchev–Trinajstić information content (AvgIpc) is 3.15. The number of pyridine rings is 2. The van der Waals surface area contributed by atoms with Crippen LogP contribution in [-0.4, -0.2) is 58.4 Å². The summed E-state index contributed by atoms with van der Waals surface area (Å²) in [5.74, 6) is -0.618. The number of halogens is 1. The van der Waals surface area contributed by atoms with E-state index in [9.17, 15) is 28.8 Å². The predicted molar refractivity (Wildman–Crippen MR) is 213 cm³/mol. The second-order valence-corrected chi connectivity index (χ2v) is 13.4. The van der Waals surface area contributed by atoms with Crippen LogP contribution < -0.4 is 26.6 Å². The number of benzene rings is 2. The van der Waals surface area contributed by atoms with Gasteiger partial charge in [-0.1, -0.05) is 42.8 Å². The molecule has 1 unspecified atom stereocenters. The Hall–Kier alpha value is -5.95. The lowest BCUT2D eigenvalue weighted by atomic mass is 9.96. The molecule has 0 spiro atoms. The van der Waals surface area contributed by atoms with E-state index in [2.05, 4.69) is 36.6 Å². The predicted octanol–water partition coefficient (Wildman–Crippen LogP) is 7.04. The summed E-state index contributed by atoms with van der Waals surface area (Å²) in [6, 6.07) is 19.0. The van der Waals surface area contributed by atoms with Crippen molar-refractivity contribution < 1.29 is 28.8 Å². The Kier molecular flexibility index (Phi) is 16.0. The van der Waals surface area contributed by atoms with Crippen LogP contribution in [0.2, 0.25) is 5.15 Å². The molecule has 3 heterocycles. The van der Waals surface area contributed by atoms with Gasteiger partial charge in [-0.15, -0.1) is 0 Å². The van der Waals surface area contributed by atoms with Crippen molar-refractivity contribution in [2.45, 2.75) is 65.7 Å². The number of hydrogen-bond donors (Lipinski definition) is 5.